The SMILES string of the molecule is OB(O)O.[Rh]. The van der Waals surface area contributed by atoms with Crippen LogP contribution in [-0.2, 0) is 19.5 Å². The standard InChI is InChI=1S/BH3O3.Rh/c2-1(3)4;/h2-4H;. The minimum absolute atomic E-state index is 0. The fourth-order valence-electron chi connectivity index (χ4n) is 0. The molecular weight excluding hydrogens is 162 g/mol. The number of hydrogen-bond donors (Lipinski definition) is 3. The summed E-state index contributed by atoms with van der Waals surface area (Å²) in [5.41, 5.74) is 0. The Hall–Kier alpha value is 0.568. The van der Waals surface area contributed by atoms with E-state index in [4.69, 9.17) is 15.1 Å². The van der Waals surface area contributed by atoms with Crippen molar-refractivity contribution in [3.05, 3.63) is 0 Å². The number of hydrogen-bond acceptors (Lipinski definition) is 3. The van der Waals surface area contributed by atoms with Crippen LogP contribution in [0.4, 0.5) is 0 Å². The monoisotopic (exact) mass is 165 g/mol. The van der Waals surface area contributed by atoms with Gasteiger partial charge in [0.25, 0.3) is 0 Å². The second-order valence-corrected chi connectivity index (χ2v) is 0.346. The average Bonchev–Trinajstić information content (AvgIpc) is 0.811. The minimum atomic E-state index is -2.17. The van der Waals surface area contributed by atoms with Crippen LogP contribution >= 0.6 is 0 Å². The van der Waals surface area contributed by atoms with E-state index >= 15 is 0 Å². The smallest absolute Gasteiger partial charge is 0.402 e. The zero-order valence-corrected chi connectivity index (χ0v) is 3.89. The van der Waals surface area contributed by atoms with E-state index in [0.29, 0.717) is 0 Å². The van der Waals surface area contributed by atoms with Crippen LogP contribution in [0.1, 0.15) is 0 Å². The third-order valence-electron chi connectivity index (χ3n) is 0. The summed E-state index contributed by atoms with van der Waals surface area (Å²) >= 11 is 0. The summed E-state index contributed by atoms with van der Waals surface area (Å²) in [6.45, 7) is 0. The van der Waals surface area contributed by atoms with Crippen LogP contribution in [-0.4, -0.2) is 22.4 Å². The Morgan fingerprint density at radius 3 is 1.00 bits per heavy atom. The first-order valence-corrected chi connectivity index (χ1v) is 0.775. The van der Waals surface area contributed by atoms with Gasteiger partial charge in [0.1, 0.15) is 0 Å². The van der Waals surface area contributed by atoms with Gasteiger partial charge in [0.15, 0.2) is 0 Å². The molecule has 0 aliphatic rings. The second-order valence-electron chi connectivity index (χ2n) is 0.346. The van der Waals surface area contributed by atoms with E-state index in [1.165, 1.54) is 0 Å². The molecule has 1 radical (unpaired) electrons. The van der Waals surface area contributed by atoms with Crippen molar-refractivity contribution in [2.24, 2.45) is 0 Å². The van der Waals surface area contributed by atoms with Crippen molar-refractivity contribution < 1.29 is 34.6 Å². The van der Waals surface area contributed by atoms with Gasteiger partial charge in [0.05, 0.1) is 0 Å². The van der Waals surface area contributed by atoms with Crippen molar-refractivity contribution in [1.82, 2.24) is 0 Å². The Bertz CT molecular complexity index is 11.6. The molecule has 0 saturated carbocycles. The van der Waals surface area contributed by atoms with Gasteiger partial charge in [-0.3, -0.25) is 0 Å². The summed E-state index contributed by atoms with van der Waals surface area (Å²) in [4.78, 5) is 0. The molecule has 0 spiro atoms. The fourth-order valence-corrected chi connectivity index (χ4v) is 0. The van der Waals surface area contributed by atoms with Crippen LogP contribution in [0.15, 0.2) is 0 Å². The first-order chi connectivity index (χ1) is 1.73. The van der Waals surface area contributed by atoms with Crippen molar-refractivity contribution in [2.45, 2.75) is 0 Å². The Labute approximate surface area is 42.6 Å². The fraction of sp³-hybridized carbons (Fsp3) is 0. The maximum Gasteiger partial charge on any atom is 0.631 e. The van der Waals surface area contributed by atoms with Gasteiger partial charge in [0.2, 0.25) is 0 Å². The van der Waals surface area contributed by atoms with Gasteiger partial charge < -0.3 is 15.1 Å². The molecule has 33 valence electrons. The molecule has 0 aromatic rings. The van der Waals surface area contributed by atoms with Gasteiger partial charge in [-0.1, -0.05) is 0 Å². The predicted octanol–water partition coefficient (Wildman–Crippen LogP) is -2.05. The third kappa shape index (κ3) is 93.3. The Balaban J connectivity index is 0. The van der Waals surface area contributed by atoms with Crippen molar-refractivity contribution >= 4 is 7.32 Å². The maximum absolute atomic E-state index is 7.17. The Morgan fingerprint density at radius 1 is 1.00 bits per heavy atom. The van der Waals surface area contributed by atoms with Crippen LogP contribution < -0.4 is 0 Å². The molecule has 3 N–H and O–H groups in total. The summed E-state index contributed by atoms with van der Waals surface area (Å²) in [7, 11) is -2.17. The van der Waals surface area contributed by atoms with E-state index in [-0.39, 0.29) is 19.5 Å². The largest absolute Gasteiger partial charge is 0.631 e. The molecule has 0 bridgehead atoms. The normalized spacial score (nSPS) is 5.40. The van der Waals surface area contributed by atoms with Gasteiger partial charge in [-0.15, -0.1) is 0 Å². The van der Waals surface area contributed by atoms with Crippen LogP contribution in [0.3, 0.4) is 0 Å². The van der Waals surface area contributed by atoms with Crippen molar-refractivity contribution in [1.29, 1.82) is 0 Å². The second kappa shape index (κ2) is 4.57. The van der Waals surface area contributed by atoms with E-state index in [1.54, 1.807) is 0 Å². The van der Waals surface area contributed by atoms with Gasteiger partial charge in [0, 0.05) is 19.5 Å². The maximum atomic E-state index is 7.17. The summed E-state index contributed by atoms with van der Waals surface area (Å²) in [6, 6.07) is 0. The zero-order chi connectivity index (χ0) is 3.58. The molecule has 0 aromatic carbocycles. The van der Waals surface area contributed by atoms with Gasteiger partial charge in [-0.2, -0.15) is 0 Å². The minimum Gasteiger partial charge on any atom is -0.402 e. The molecule has 0 aromatic heterocycles. The van der Waals surface area contributed by atoms with Gasteiger partial charge in [-0.05, 0) is 0 Å². The number of rotatable bonds is 0. The third-order valence-corrected chi connectivity index (χ3v) is 0. The Morgan fingerprint density at radius 2 is 1.00 bits per heavy atom. The van der Waals surface area contributed by atoms with Crippen molar-refractivity contribution in [2.75, 3.05) is 0 Å². The summed E-state index contributed by atoms with van der Waals surface area (Å²) in [5, 5.41) is 21.5. The molecule has 0 saturated heterocycles. The van der Waals surface area contributed by atoms with E-state index in [2.05, 4.69) is 0 Å². The molecule has 3 nitrogen and oxygen atoms in total. The van der Waals surface area contributed by atoms with Crippen LogP contribution in [0.25, 0.3) is 0 Å². The molecule has 5 heteroatoms. The topological polar surface area (TPSA) is 60.7 Å². The molecule has 0 amide bonds. The molecule has 0 aliphatic carbocycles. The molecule has 0 aliphatic heterocycles. The van der Waals surface area contributed by atoms with Crippen molar-refractivity contribution in [3.63, 3.8) is 0 Å². The zero-order valence-electron chi connectivity index (χ0n) is 2.25. The van der Waals surface area contributed by atoms with Crippen molar-refractivity contribution in [3.8, 4) is 0 Å². The molecule has 0 rings (SSSR count). The molecule has 0 atom stereocenters. The first kappa shape index (κ1) is 9.13. The van der Waals surface area contributed by atoms with E-state index in [9.17, 15) is 0 Å². The van der Waals surface area contributed by atoms with Crippen LogP contribution in [0.2, 0.25) is 0 Å². The molecule has 0 fully saturated rings. The Kier molecular flexibility index (Phi) is 8.34. The van der Waals surface area contributed by atoms with E-state index in [0.717, 1.165) is 0 Å². The summed E-state index contributed by atoms with van der Waals surface area (Å²) in [6.07, 6.45) is 0. The van der Waals surface area contributed by atoms with Crippen LogP contribution in [0.5, 0.6) is 0 Å². The van der Waals surface area contributed by atoms with E-state index < -0.39 is 7.32 Å². The van der Waals surface area contributed by atoms with Gasteiger partial charge in [-0.25, -0.2) is 0 Å². The summed E-state index contributed by atoms with van der Waals surface area (Å²) < 4.78 is 0. The molecular formula is H3BO3Rh. The first-order valence-electron chi connectivity index (χ1n) is 0.775. The molecule has 0 heterocycles. The average molecular weight is 165 g/mol. The molecule has 5 heavy (non-hydrogen) atoms. The predicted molar refractivity (Wildman–Crippen MR) is 12.4 cm³/mol. The van der Waals surface area contributed by atoms with E-state index in [1.807, 2.05) is 0 Å². The quantitative estimate of drug-likeness (QED) is 0.361. The van der Waals surface area contributed by atoms with Crippen LogP contribution in [0, 0.1) is 0 Å². The molecule has 0 unspecified atom stereocenters. The van der Waals surface area contributed by atoms with Gasteiger partial charge >= 0.3 is 7.32 Å². The summed E-state index contributed by atoms with van der Waals surface area (Å²) in [5.74, 6) is 0.